The molecule has 0 spiro atoms. The summed E-state index contributed by atoms with van der Waals surface area (Å²) in [6.07, 6.45) is 1.57. The van der Waals surface area contributed by atoms with Crippen molar-refractivity contribution < 1.29 is 14.1 Å². The minimum absolute atomic E-state index is 0.0819. The highest BCUT2D eigenvalue weighted by atomic mass is 35.5. The van der Waals surface area contributed by atoms with E-state index in [9.17, 15) is 9.35 Å². The lowest BCUT2D eigenvalue weighted by atomic mass is 9.75. The Kier molecular flexibility index (Phi) is 7.59. The van der Waals surface area contributed by atoms with Crippen LogP contribution in [0.15, 0.2) is 12.1 Å². The van der Waals surface area contributed by atoms with Crippen molar-refractivity contribution in [3.8, 4) is 5.75 Å². The van der Waals surface area contributed by atoms with Crippen molar-refractivity contribution in [1.82, 2.24) is 9.62 Å². The number of methoxy groups -OCH3 is 1. The van der Waals surface area contributed by atoms with Gasteiger partial charge in [-0.2, -0.15) is 0 Å². The van der Waals surface area contributed by atoms with Crippen LogP contribution in [-0.4, -0.2) is 40.3 Å². The normalized spacial score (nSPS) is 19.2. The molecule has 1 N–H and O–H groups in total. The number of benzene rings is 1. The first-order valence-electron chi connectivity index (χ1n) is 9.39. The van der Waals surface area contributed by atoms with E-state index in [1.807, 2.05) is 32.6 Å². The monoisotopic (exact) mass is 448 g/mol. The highest BCUT2D eigenvalue weighted by molar-refractivity contribution is 7.90. The number of carbonyl (C=O) groups is 1. The van der Waals surface area contributed by atoms with Gasteiger partial charge in [0.05, 0.1) is 22.7 Å². The van der Waals surface area contributed by atoms with Gasteiger partial charge in [-0.05, 0) is 52.5 Å². The Hall–Kier alpha value is -0.660. The van der Waals surface area contributed by atoms with Gasteiger partial charge in [-0.25, -0.2) is 0 Å². The Labute approximate surface area is 181 Å². The molecule has 0 aliphatic carbocycles. The van der Waals surface area contributed by atoms with E-state index in [0.29, 0.717) is 28.9 Å². The van der Waals surface area contributed by atoms with Crippen LogP contribution in [0.1, 0.15) is 53.0 Å². The van der Waals surface area contributed by atoms with Crippen LogP contribution in [0.5, 0.6) is 5.75 Å². The van der Waals surface area contributed by atoms with Crippen LogP contribution in [0, 0.1) is 5.92 Å². The van der Waals surface area contributed by atoms with E-state index in [2.05, 4.69) is 4.72 Å². The fraction of sp³-hybridized carbons (Fsp3) is 0.650. The molecule has 1 aromatic carbocycles. The topological polar surface area (TPSA) is 64.6 Å². The van der Waals surface area contributed by atoms with Gasteiger partial charge in [0.15, 0.2) is 0 Å². The van der Waals surface area contributed by atoms with Crippen molar-refractivity contribution in [3.05, 3.63) is 27.7 Å². The zero-order valence-corrected chi connectivity index (χ0v) is 19.7. The smallest absolute Gasteiger partial charge is 0.219 e. The highest BCUT2D eigenvalue weighted by Crippen LogP contribution is 2.44. The summed E-state index contributed by atoms with van der Waals surface area (Å²) >= 11 is 11.2. The van der Waals surface area contributed by atoms with Gasteiger partial charge in [0.1, 0.15) is 10.5 Å². The highest BCUT2D eigenvalue weighted by Gasteiger charge is 2.45. The van der Waals surface area contributed by atoms with Crippen molar-refractivity contribution in [2.45, 2.75) is 57.7 Å². The van der Waals surface area contributed by atoms with Crippen LogP contribution in [0.25, 0.3) is 0 Å². The molecule has 2 unspecified atom stereocenters. The molecule has 0 aromatic heterocycles. The lowest BCUT2D eigenvalue weighted by molar-refractivity contribution is -0.130. The Morgan fingerprint density at radius 2 is 1.75 bits per heavy atom. The molecule has 2 rings (SSSR count). The van der Waals surface area contributed by atoms with Crippen molar-refractivity contribution in [3.63, 3.8) is 0 Å². The van der Waals surface area contributed by atoms with Gasteiger partial charge in [-0.1, -0.05) is 23.2 Å². The van der Waals surface area contributed by atoms with E-state index >= 15 is 0 Å². The van der Waals surface area contributed by atoms with Crippen molar-refractivity contribution in [2.75, 3.05) is 20.2 Å². The van der Waals surface area contributed by atoms with Crippen LogP contribution in [0.4, 0.5) is 0 Å². The van der Waals surface area contributed by atoms with Crippen LogP contribution in [0.2, 0.25) is 10.0 Å². The third-order valence-corrected chi connectivity index (χ3v) is 7.86. The summed E-state index contributed by atoms with van der Waals surface area (Å²) in [6.45, 7) is 10.8. The molecule has 1 aliphatic heterocycles. The fourth-order valence-electron chi connectivity index (χ4n) is 3.58. The van der Waals surface area contributed by atoms with E-state index in [1.54, 1.807) is 26.2 Å². The summed E-state index contributed by atoms with van der Waals surface area (Å²) in [5.74, 6) is 0.823. The molecule has 158 valence electrons. The molecule has 2 atom stereocenters. The Bertz CT molecular complexity index is 718. The van der Waals surface area contributed by atoms with Gasteiger partial charge in [-0.15, -0.1) is 4.72 Å². The maximum absolute atomic E-state index is 13.1. The first-order valence-corrected chi connectivity index (χ1v) is 11.3. The summed E-state index contributed by atoms with van der Waals surface area (Å²) < 4.78 is 21.6. The van der Waals surface area contributed by atoms with Gasteiger partial charge in [0.25, 0.3) is 0 Å². The predicted octanol–water partition coefficient (Wildman–Crippen LogP) is 4.53. The van der Waals surface area contributed by atoms with E-state index in [0.717, 1.165) is 18.4 Å². The molecule has 1 aliphatic rings. The molecule has 1 amide bonds. The molecular formula is C20H30Cl2N2O3S. The minimum Gasteiger partial charge on any atom is -0.598 e. The van der Waals surface area contributed by atoms with Gasteiger partial charge < -0.3 is 14.2 Å². The van der Waals surface area contributed by atoms with Crippen molar-refractivity contribution in [1.29, 1.82) is 0 Å². The maximum atomic E-state index is 13.1. The second kappa shape index (κ2) is 9.00. The largest absolute Gasteiger partial charge is 0.598 e. The summed E-state index contributed by atoms with van der Waals surface area (Å²) in [5.41, 5.74) is 0.156. The molecular weight excluding hydrogens is 419 g/mol. The van der Waals surface area contributed by atoms with Crippen molar-refractivity contribution >= 4 is 40.5 Å². The molecule has 8 heteroatoms. The minimum atomic E-state index is -1.31. The first kappa shape index (κ1) is 23.6. The second-order valence-corrected chi connectivity index (χ2v) is 11.2. The number of hydrogen-bond donors (Lipinski definition) is 1. The van der Waals surface area contributed by atoms with Crippen LogP contribution >= 0.6 is 23.2 Å². The number of hydrogen-bond acceptors (Lipinski definition) is 4. The average Bonchev–Trinajstić information content (AvgIpc) is 2.62. The Morgan fingerprint density at radius 1 is 1.21 bits per heavy atom. The number of rotatable bonds is 5. The van der Waals surface area contributed by atoms with E-state index in [4.69, 9.17) is 27.9 Å². The van der Waals surface area contributed by atoms with Gasteiger partial charge in [0.2, 0.25) is 5.91 Å². The number of halogens is 2. The molecule has 1 saturated heterocycles. The molecule has 0 saturated carbocycles. The quantitative estimate of drug-likeness (QED) is 0.671. The van der Waals surface area contributed by atoms with Gasteiger partial charge >= 0.3 is 0 Å². The average molecular weight is 449 g/mol. The standard InChI is InChI=1S/C20H30Cl2N2O3S/c1-13(25)24-9-7-14(8-10-24)20(5,23-28(26)19(2,3)4)15-11-16(21)17(22)12-18(15)27-6/h11-12,14,23H,7-10H2,1-6H3. The molecule has 5 nitrogen and oxygen atoms in total. The number of carbonyl (C=O) groups excluding carboxylic acids is 1. The van der Waals surface area contributed by atoms with Crippen LogP contribution in [-0.2, 0) is 21.7 Å². The first-order chi connectivity index (χ1) is 12.9. The molecule has 1 heterocycles. The Morgan fingerprint density at radius 3 is 2.21 bits per heavy atom. The lowest BCUT2D eigenvalue weighted by Crippen LogP contribution is -2.55. The zero-order valence-electron chi connectivity index (χ0n) is 17.4. The van der Waals surface area contributed by atoms with Gasteiger partial charge in [-0.3, -0.25) is 4.79 Å². The maximum Gasteiger partial charge on any atom is 0.219 e. The lowest BCUT2D eigenvalue weighted by Gasteiger charge is -2.44. The number of nitrogens with one attached hydrogen (secondary N) is 1. The fourth-order valence-corrected chi connectivity index (χ4v) is 4.86. The summed E-state index contributed by atoms with van der Waals surface area (Å²) in [4.78, 5) is 13.6. The number of likely N-dealkylation sites (tertiary alicyclic amines) is 1. The molecule has 0 bridgehead atoms. The Balaban J connectivity index is 2.48. The van der Waals surface area contributed by atoms with Crippen molar-refractivity contribution in [2.24, 2.45) is 5.92 Å². The molecule has 1 fully saturated rings. The van der Waals surface area contributed by atoms with E-state index in [1.165, 1.54) is 0 Å². The number of piperidine rings is 1. The van der Waals surface area contributed by atoms with E-state index < -0.39 is 21.6 Å². The number of nitrogens with zero attached hydrogens (tertiary/aromatic N) is 1. The summed E-state index contributed by atoms with van der Waals surface area (Å²) in [7, 11) is 1.59. The van der Waals surface area contributed by atoms with Crippen LogP contribution < -0.4 is 9.46 Å². The number of ether oxygens (including phenoxy) is 1. The summed E-state index contributed by atoms with van der Waals surface area (Å²) in [6, 6.07) is 3.50. The molecule has 28 heavy (non-hydrogen) atoms. The third kappa shape index (κ3) is 5.08. The SMILES string of the molecule is COc1cc(Cl)c(Cl)cc1C(C)(N[S+]([O-])C(C)(C)C)C1CCN(C(C)=O)CC1. The van der Waals surface area contributed by atoms with E-state index in [-0.39, 0.29) is 11.8 Å². The molecule has 1 aromatic rings. The zero-order chi connectivity index (χ0) is 21.3. The number of amides is 1. The summed E-state index contributed by atoms with van der Waals surface area (Å²) in [5, 5.41) is 0.834. The predicted molar refractivity (Wildman–Crippen MR) is 116 cm³/mol. The van der Waals surface area contributed by atoms with Crippen LogP contribution in [0.3, 0.4) is 0 Å². The molecule has 0 radical (unpaired) electrons. The third-order valence-electron chi connectivity index (χ3n) is 5.42. The second-order valence-electron chi connectivity index (χ2n) is 8.43. The van der Waals surface area contributed by atoms with Gasteiger partial charge in [0, 0.05) is 43.0 Å².